The fraction of sp³-hybridized carbons (Fsp3) is 0.556. The zero-order chi connectivity index (χ0) is 18.8. The molecule has 9 heteroatoms. The molecule has 1 atom stereocenters. The first kappa shape index (κ1) is 18.1. The SMILES string of the molecule is Cc1nnc([C@H](C)Sc2nnc(N3CCC(C)CC3)n2Cc2ccco2)o1. The number of nitrogens with zero attached hydrogens (tertiary/aromatic N) is 6. The maximum atomic E-state index is 5.57. The Hall–Kier alpha value is -2.29. The van der Waals surface area contributed by atoms with Gasteiger partial charge in [0.05, 0.1) is 18.1 Å². The second-order valence-electron chi connectivity index (χ2n) is 7.04. The topological polar surface area (TPSA) is 86.0 Å². The molecule has 4 heterocycles. The second-order valence-corrected chi connectivity index (χ2v) is 8.35. The van der Waals surface area contributed by atoms with Crippen LogP contribution in [0.2, 0.25) is 0 Å². The van der Waals surface area contributed by atoms with Crippen LogP contribution in [0.4, 0.5) is 5.95 Å². The Morgan fingerprint density at radius 1 is 1.22 bits per heavy atom. The Labute approximate surface area is 162 Å². The summed E-state index contributed by atoms with van der Waals surface area (Å²) in [6.07, 6.45) is 4.04. The van der Waals surface area contributed by atoms with Gasteiger partial charge in [0.2, 0.25) is 17.7 Å². The van der Waals surface area contributed by atoms with E-state index in [1.165, 1.54) is 12.8 Å². The molecule has 3 aromatic heterocycles. The average Bonchev–Trinajstić information content (AvgIpc) is 3.39. The molecule has 1 aliphatic heterocycles. The first-order valence-electron chi connectivity index (χ1n) is 9.27. The number of rotatable bonds is 6. The monoisotopic (exact) mass is 388 g/mol. The average molecular weight is 388 g/mol. The minimum atomic E-state index is -0.0139. The molecule has 3 aromatic rings. The highest BCUT2D eigenvalue weighted by Gasteiger charge is 2.25. The van der Waals surface area contributed by atoms with Gasteiger partial charge in [0.15, 0.2) is 5.16 Å². The predicted molar refractivity (Wildman–Crippen MR) is 102 cm³/mol. The number of aryl methyl sites for hydroxylation is 1. The molecule has 0 aliphatic carbocycles. The van der Waals surface area contributed by atoms with Gasteiger partial charge in [-0.25, -0.2) is 0 Å². The molecule has 27 heavy (non-hydrogen) atoms. The number of aromatic nitrogens is 5. The number of hydrogen-bond donors (Lipinski definition) is 0. The number of piperidine rings is 1. The summed E-state index contributed by atoms with van der Waals surface area (Å²) in [7, 11) is 0. The third kappa shape index (κ3) is 4.02. The molecular weight excluding hydrogens is 364 g/mol. The maximum absolute atomic E-state index is 5.57. The summed E-state index contributed by atoms with van der Waals surface area (Å²) in [5, 5.41) is 17.8. The van der Waals surface area contributed by atoms with E-state index in [0.717, 1.165) is 35.9 Å². The molecule has 144 valence electrons. The molecule has 0 spiro atoms. The van der Waals surface area contributed by atoms with Crippen molar-refractivity contribution >= 4 is 17.7 Å². The van der Waals surface area contributed by atoms with Crippen molar-refractivity contribution in [3.63, 3.8) is 0 Å². The fourth-order valence-corrected chi connectivity index (χ4v) is 4.07. The maximum Gasteiger partial charge on any atom is 0.229 e. The first-order valence-corrected chi connectivity index (χ1v) is 10.2. The predicted octanol–water partition coefficient (Wildman–Crippen LogP) is 3.70. The van der Waals surface area contributed by atoms with Crippen LogP contribution in [0, 0.1) is 12.8 Å². The van der Waals surface area contributed by atoms with Crippen molar-refractivity contribution < 1.29 is 8.83 Å². The highest BCUT2D eigenvalue weighted by Crippen LogP contribution is 2.35. The Morgan fingerprint density at radius 3 is 2.70 bits per heavy atom. The van der Waals surface area contributed by atoms with Gasteiger partial charge < -0.3 is 13.7 Å². The Morgan fingerprint density at radius 2 is 2.04 bits per heavy atom. The molecule has 1 fully saturated rings. The Balaban J connectivity index is 1.60. The molecule has 8 nitrogen and oxygen atoms in total. The van der Waals surface area contributed by atoms with Gasteiger partial charge in [0.25, 0.3) is 0 Å². The van der Waals surface area contributed by atoms with Crippen LogP contribution in [0.1, 0.15) is 49.5 Å². The summed E-state index contributed by atoms with van der Waals surface area (Å²) in [4.78, 5) is 2.32. The molecule has 4 rings (SSSR count). The van der Waals surface area contributed by atoms with Gasteiger partial charge in [-0.1, -0.05) is 18.7 Å². The van der Waals surface area contributed by atoms with Crippen LogP contribution in [0.3, 0.4) is 0 Å². The Kier molecular flexibility index (Phi) is 5.20. The lowest BCUT2D eigenvalue weighted by Gasteiger charge is -2.31. The smallest absolute Gasteiger partial charge is 0.229 e. The van der Waals surface area contributed by atoms with E-state index in [4.69, 9.17) is 8.83 Å². The van der Waals surface area contributed by atoms with Crippen molar-refractivity contribution in [2.45, 2.75) is 50.6 Å². The van der Waals surface area contributed by atoms with Crippen LogP contribution in [0.5, 0.6) is 0 Å². The lowest BCUT2D eigenvalue weighted by molar-refractivity contribution is 0.427. The number of furan rings is 1. The van der Waals surface area contributed by atoms with E-state index in [1.807, 2.05) is 19.1 Å². The van der Waals surface area contributed by atoms with Crippen LogP contribution in [0.15, 0.2) is 32.4 Å². The van der Waals surface area contributed by atoms with Gasteiger partial charge in [-0.2, -0.15) is 0 Å². The minimum absolute atomic E-state index is 0.0139. The van der Waals surface area contributed by atoms with Crippen LogP contribution in [-0.2, 0) is 6.54 Å². The summed E-state index contributed by atoms with van der Waals surface area (Å²) in [5.41, 5.74) is 0. The zero-order valence-electron chi connectivity index (χ0n) is 15.8. The molecule has 0 aromatic carbocycles. The summed E-state index contributed by atoms with van der Waals surface area (Å²) >= 11 is 1.57. The fourth-order valence-electron chi connectivity index (χ4n) is 3.19. The van der Waals surface area contributed by atoms with Crippen molar-refractivity contribution in [2.75, 3.05) is 18.0 Å². The molecule has 1 saturated heterocycles. The highest BCUT2D eigenvalue weighted by molar-refractivity contribution is 7.99. The normalized spacial score (nSPS) is 16.8. The molecular formula is C18H24N6O2S. The van der Waals surface area contributed by atoms with Gasteiger partial charge in [0.1, 0.15) is 5.76 Å². The van der Waals surface area contributed by atoms with E-state index >= 15 is 0 Å². The van der Waals surface area contributed by atoms with Crippen molar-refractivity contribution in [3.8, 4) is 0 Å². The van der Waals surface area contributed by atoms with Crippen molar-refractivity contribution in [2.24, 2.45) is 5.92 Å². The molecule has 0 radical (unpaired) electrons. The van der Waals surface area contributed by atoms with E-state index < -0.39 is 0 Å². The van der Waals surface area contributed by atoms with E-state index in [1.54, 1.807) is 24.9 Å². The second kappa shape index (κ2) is 7.75. The third-order valence-electron chi connectivity index (χ3n) is 4.83. The van der Waals surface area contributed by atoms with E-state index in [-0.39, 0.29) is 5.25 Å². The zero-order valence-corrected chi connectivity index (χ0v) is 16.6. The number of hydrogen-bond acceptors (Lipinski definition) is 8. The number of anilines is 1. The third-order valence-corrected chi connectivity index (χ3v) is 5.90. The lowest BCUT2D eigenvalue weighted by atomic mass is 10.00. The van der Waals surface area contributed by atoms with Crippen LogP contribution >= 0.6 is 11.8 Å². The number of thioether (sulfide) groups is 1. The Bertz CT molecular complexity index is 866. The summed E-state index contributed by atoms with van der Waals surface area (Å²) < 4.78 is 13.3. The molecule has 0 bridgehead atoms. The summed E-state index contributed by atoms with van der Waals surface area (Å²) in [5.74, 6) is 3.70. The standard InChI is InChI=1S/C18H24N6O2S/c1-12-6-8-23(9-7-12)17-21-22-18(24(17)11-15-5-4-10-25-15)27-13(2)16-20-19-14(3)26-16/h4-5,10,12-13H,6-9,11H2,1-3H3/t13-/m0/s1. The first-order chi connectivity index (χ1) is 13.1. The highest BCUT2D eigenvalue weighted by atomic mass is 32.2. The minimum Gasteiger partial charge on any atom is -0.467 e. The van der Waals surface area contributed by atoms with Crippen molar-refractivity contribution in [1.82, 2.24) is 25.0 Å². The van der Waals surface area contributed by atoms with Gasteiger partial charge in [-0.15, -0.1) is 20.4 Å². The summed E-state index contributed by atoms with van der Waals surface area (Å²) in [6.45, 7) is 8.73. The van der Waals surface area contributed by atoms with Crippen LogP contribution in [-0.4, -0.2) is 38.1 Å². The van der Waals surface area contributed by atoms with Gasteiger partial charge in [-0.05, 0) is 37.8 Å². The molecule has 0 N–H and O–H groups in total. The molecule has 1 aliphatic rings. The molecule has 0 unspecified atom stereocenters. The largest absolute Gasteiger partial charge is 0.467 e. The van der Waals surface area contributed by atoms with E-state index in [9.17, 15) is 0 Å². The van der Waals surface area contributed by atoms with Crippen LogP contribution < -0.4 is 4.90 Å². The van der Waals surface area contributed by atoms with E-state index in [0.29, 0.717) is 18.3 Å². The lowest BCUT2D eigenvalue weighted by Crippen LogP contribution is -2.35. The van der Waals surface area contributed by atoms with Gasteiger partial charge in [-0.3, -0.25) is 4.57 Å². The summed E-state index contributed by atoms with van der Waals surface area (Å²) in [6, 6.07) is 3.87. The molecule has 0 saturated carbocycles. The van der Waals surface area contributed by atoms with Crippen molar-refractivity contribution in [3.05, 3.63) is 35.9 Å². The van der Waals surface area contributed by atoms with Crippen molar-refractivity contribution in [1.29, 1.82) is 0 Å². The van der Waals surface area contributed by atoms with Gasteiger partial charge in [0, 0.05) is 20.0 Å². The molecule has 0 amide bonds. The van der Waals surface area contributed by atoms with E-state index in [2.05, 4.69) is 36.8 Å². The van der Waals surface area contributed by atoms with Crippen LogP contribution in [0.25, 0.3) is 0 Å². The quantitative estimate of drug-likeness (QED) is 0.591. The van der Waals surface area contributed by atoms with Gasteiger partial charge >= 0.3 is 0 Å².